The van der Waals surface area contributed by atoms with Gasteiger partial charge in [0.05, 0.1) is 13.2 Å². The van der Waals surface area contributed by atoms with Gasteiger partial charge in [-0.3, -0.25) is 0 Å². The van der Waals surface area contributed by atoms with E-state index in [1.54, 1.807) is 0 Å². The molecule has 0 aromatic heterocycles. The van der Waals surface area contributed by atoms with Crippen LogP contribution in [0.4, 0.5) is 0 Å². The number of hydrogen-bond acceptors (Lipinski definition) is 3. The summed E-state index contributed by atoms with van der Waals surface area (Å²) in [6, 6.07) is 7.88. The lowest BCUT2D eigenvalue weighted by Crippen LogP contribution is -2.38. The van der Waals surface area contributed by atoms with Crippen molar-refractivity contribution in [2.75, 3.05) is 19.8 Å². The van der Waals surface area contributed by atoms with Crippen LogP contribution in [0.15, 0.2) is 24.3 Å². The van der Waals surface area contributed by atoms with Crippen molar-refractivity contribution in [3.63, 3.8) is 0 Å². The van der Waals surface area contributed by atoms with E-state index in [0.29, 0.717) is 13.2 Å². The van der Waals surface area contributed by atoms with E-state index in [0.717, 1.165) is 11.3 Å². The number of aliphatic hydroxyl groups excluding tert-OH is 1. The van der Waals surface area contributed by atoms with Gasteiger partial charge in [-0.25, -0.2) is 0 Å². The van der Waals surface area contributed by atoms with E-state index in [1.807, 2.05) is 31.2 Å². The van der Waals surface area contributed by atoms with Crippen LogP contribution in [0, 0.1) is 0 Å². The summed E-state index contributed by atoms with van der Waals surface area (Å²) in [6.07, 6.45) is 0.214. The summed E-state index contributed by atoms with van der Waals surface area (Å²) in [6.45, 7) is 3.55. The fourth-order valence-electron chi connectivity index (χ4n) is 1.45. The maximum Gasteiger partial charge on any atom is 0.145 e. The second-order valence-electron chi connectivity index (χ2n) is 3.93. The smallest absolute Gasteiger partial charge is 0.145 e. The highest BCUT2D eigenvalue weighted by molar-refractivity contribution is 5.29. The largest absolute Gasteiger partial charge is 0.486 e. The Bertz CT molecular complexity index is 303. The van der Waals surface area contributed by atoms with Crippen LogP contribution >= 0.6 is 0 Å². The molecule has 1 aliphatic rings. The molecule has 82 valence electrons. The molecule has 0 bridgehead atoms. The first-order chi connectivity index (χ1) is 7.29. The third-order valence-corrected chi connectivity index (χ3v) is 2.63. The summed E-state index contributed by atoms with van der Waals surface area (Å²) in [5.41, 5.74) is 1.13. The highest BCUT2D eigenvalue weighted by atomic mass is 16.6. The van der Waals surface area contributed by atoms with Gasteiger partial charge in [0.1, 0.15) is 11.9 Å². The fourth-order valence-corrected chi connectivity index (χ4v) is 1.45. The lowest BCUT2D eigenvalue weighted by atomic mass is 10.0. The molecule has 0 amide bonds. The van der Waals surface area contributed by atoms with Gasteiger partial charge < -0.3 is 14.6 Å². The Morgan fingerprint density at radius 1 is 1.40 bits per heavy atom. The van der Waals surface area contributed by atoms with Crippen LogP contribution in [0.2, 0.25) is 0 Å². The van der Waals surface area contributed by atoms with E-state index in [9.17, 15) is 0 Å². The minimum Gasteiger partial charge on any atom is -0.486 e. The zero-order valence-corrected chi connectivity index (χ0v) is 8.85. The van der Waals surface area contributed by atoms with Crippen LogP contribution in [0.1, 0.15) is 18.4 Å². The van der Waals surface area contributed by atoms with Crippen LogP contribution in [0.5, 0.6) is 5.75 Å². The lowest BCUT2D eigenvalue weighted by Gasteiger charge is -2.26. The third-order valence-electron chi connectivity index (χ3n) is 2.63. The minimum absolute atomic E-state index is 0.177. The number of hydrogen-bond donors (Lipinski definition) is 1. The molecule has 3 heteroatoms. The van der Waals surface area contributed by atoms with Gasteiger partial charge in [-0.2, -0.15) is 0 Å². The number of rotatable bonds is 4. The van der Waals surface area contributed by atoms with Crippen molar-refractivity contribution in [3.8, 4) is 5.75 Å². The van der Waals surface area contributed by atoms with Crippen molar-refractivity contribution in [3.05, 3.63) is 29.8 Å². The standard InChI is InChI=1S/C12H16O3/c1-9(6-13)10-2-4-11(5-3-10)15-12-7-14-8-12/h2-5,9,12-13H,6-8H2,1H3. The van der Waals surface area contributed by atoms with Crippen molar-refractivity contribution < 1.29 is 14.6 Å². The molecule has 0 radical (unpaired) electrons. The van der Waals surface area contributed by atoms with E-state index < -0.39 is 0 Å². The maximum atomic E-state index is 9.00. The molecule has 0 aliphatic carbocycles. The van der Waals surface area contributed by atoms with Crippen LogP contribution in [0.25, 0.3) is 0 Å². The Balaban J connectivity index is 1.96. The number of benzene rings is 1. The van der Waals surface area contributed by atoms with Crippen molar-refractivity contribution in [1.29, 1.82) is 0 Å². The zero-order valence-electron chi connectivity index (χ0n) is 8.85. The number of ether oxygens (including phenoxy) is 2. The predicted molar refractivity (Wildman–Crippen MR) is 57.2 cm³/mol. The molecule has 1 heterocycles. The van der Waals surface area contributed by atoms with Gasteiger partial charge >= 0.3 is 0 Å². The van der Waals surface area contributed by atoms with Crippen molar-refractivity contribution in [2.45, 2.75) is 18.9 Å². The first-order valence-electron chi connectivity index (χ1n) is 5.25. The Labute approximate surface area is 89.6 Å². The monoisotopic (exact) mass is 208 g/mol. The molecule has 0 spiro atoms. The van der Waals surface area contributed by atoms with Gasteiger partial charge in [0.25, 0.3) is 0 Å². The maximum absolute atomic E-state index is 9.00. The zero-order chi connectivity index (χ0) is 10.7. The second-order valence-corrected chi connectivity index (χ2v) is 3.93. The van der Waals surface area contributed by atoms with E-state index in [2.05, 4.69) is 0 Å². The van der Waals surface area contributed by atoms with Crippen molar-refractivity contribution in [2.24, 2.45) is 0 Å². The molecule has 1 saturated heterocycles. The van der Waals surface area contributed by atoms with E-state index in [1.165, 1.54) is 0 Å². The molecule has 1 aromatic carbocycles. The molecule has 1 aliphatic heterocycles. The van der Waals surface area contributed by atoms with Crippen molar-refractivity contribution >= 4 is 0 Å². The molecule has 2 rings (SSSR count). The summed E-state index contributed by atoms with van der Waals surface area (Å²) in [5.74, 6) is 1.06. The second kappa shape index (κ2) is 4.64. The fraction of sp³-hybridized carbons (Fsp3) is 0.500. The third kappa shape index (κ3) is 2.49. The lowest BCUT2D eigenvalue weighted by molar-refractivity contribution is -0.0796. The topological polar surface area (TPSA) is 38.7 Å². The first-order valence-corrected chi connectivity index (χ1v) is 5.25. The summed E-state index contributed by atoms with van der Waals surface area (Å²) < 4.78 is 10.7. The summed E-state index contributed by atoms with van der Waals surface area (Å²) >= 11 is 0. The highest BCUT2D eigenvalue weighted by Gasteiger charge is 2.19. The molecular weight excluding hydrogens is 192 g/mol. The Kier molecular flexibility index (Phi) is 3.23. The van der Waals surface area contributed by atoms with Gasteiger partial charge in [-0.1, -0.05) is 19.1 Å². The Morgan fingerprint density at radius 2 is 2.07 bits per heavy atom. The van der Waals surface area contributed by atoms with Crippen LogP contribution < -0.4 is 4.74 Å². The van der Waals surface area contributed by atoms with E-state index in [4.69, 9.17) is 14.6 Å². The first kappa shape index (κ1) is 10.5. The predicted octanol–water partition coefficient (Wildman–Crippen LogP) is 1.56. The van der Waals surface area contributed by atoms with Gasteiger partial charge in [0.15, 0.2) is 0 Å². The molecule has 15 heavy (non-hydrogen) atoms. The Hall–Kier alpha value is -1.06. The highest BCUT2D eigenvalue weighted by Crippen LogP contribution is 2.20. The van der Waals surface area contributed by atoms with Crippen molar-refractivity contribution in [1.82, 2.24) is 0 Å². The summed E-state index contributed by atoms with van der Waals surface area (Å²) in [7, 11) is 0. The Morgan fingerprint density at radius 3 is 2.53 bits per heavy atom. The summed E-state index contributed by atoms with van der Waals surface area (Å²) in [5, 5.41) is 9.00. The normalized spacial score (nSPS) is 18.3. The van der Waals surface area contributed by atoms with E-state index >= 15 is 0 Å². The van der Waals surface area contributed by atoms with E-state index in [-0.39, 0.29) is 18.6 Å². The van der Waals surface area contributed by atoms with Crippen LogP contribution in [-0.4, -0.2) is 31.0 Å². The molecule has 1 aromatic rings. The molecule has 3 nitrogen and oxygen atoms in total. The molecule has 0 saturated carbocycles. The SMILES string of the molecule is CC(CO)c1ccc(OC2COC2)cc1. The summed E-state index contributed by atoms with van der Waals surface area (Å²) in [4.78, 5) is 0. The number of aliphatic hydroxyl groups is 1. The average Bonchev–Trinajstić information content (AvgIpc) is 2.23. The molecular formula is C12H16O3. The molecule has 1 unspecified atom stereocenters. The van der Waals surface area contributed by atoms with Crippen LogP contribution in [-0.2, 0) is 4.74 Å². The van der Waals surface area contributed by atoms with Gasteiger partial charge in [-0.15, -0.1) is 0 Å². The average molecular weight is 208 g/mol. The minimum atomic E-state index is 0.177. The molecule has 1 atom stereocenters. The van der Waals surface area contributed by atoms with Gasteiger partial charge in [0.2, 0.25) is 0 Å². The molecule has 1 N–H and O–H groups in total. The quantitative estimate of drug-likeness (QED) is 0.816. The van der Waals surface area contributed by atoms with Gasteiger partial charge in [0, 0.05) is 12.5 Å². The molecule has 1 fully saturated rings. The van der Waals surface area contributed by atoms with Gasteiger partial charge in [-0.05, 0) is 17.7 Å². The van der Waals surface area contributed by atoms with Crippen LogP contribution in [0.3, 0.4) is 0 Å².